The van der Waals surface area contributed by atoms with Crippen molar-refractivity contribution in [1.82, 2.24) is 0 Å². The minimum absolute atomic E-state index is 0.0151. The van der Waals surface area contributed by atoms with Crippen LogP contribution in [0.25, 0.3) is 0 Å². The first-order chi connectivity index (χ1) is 13.6. The number of aliphatic hydroxyl groups is 1. The average molecular weight is 404 g/mol. The number of fused-ring (bicyclic) bond motifs is 2. The molecule has 0 unspecified atom stereocenters. The average Bonchev–Trinajstić information content (AvgIpc) is 2.86. The van der Waals surface area contributed by atoms with Crippen molar-refractivity contribution in [3.8, 4) is 0 Å². The maximum absolute atomic E-state index is 13.2. The fraction of sp³-hybridized carbons (Fsp3) is 0.727. The standard InChI is InChI=1S/C22H28O7/c1-12-14-7-15(25)17-21(11-29-19(27)22(17,8-14)18(12)26)6-4-5-20(3,16(21)9-23)10-28-13(2)24/h9,14-17,25H,1,4-8,10-11H2,2-3H3/t14-,15+,16+,17+,20-,21-,22+/m0/s1. The van der Waals surface area contributed by atoms with Crippen molar-refractivity contribution in [3.63, 3.8) is 0 Å². The molecule has 158 valence electrons. The van der Waals surface area contributed by atoms with E-state index < -0.39 is 46.1 Å². The number of Topliss-reactive ketones (excluding diaryl/α,β-unsaturated/α-hetero) is 1. The Morgan fingerprint density at radius 3 is 2.76 bits per heavy atom. The molecule has 0 aromatic heterocycles. The van der Waals surface area contributed by atoms with Gasteiger partial charge >= 0.3 is 11.9 Å². The van der Waals surface area contributed by atoms with Crippen molar-refractivity contribution in [2.24, 2.45) is 34.0 Å². The van der Waals surface area contributed by atoms with Gasteiger partial charge in [-0.25, -0.2) is 0 Å². The Morgan fingerprint density at radius 2 is 2.10 bits per heavy atom. The third kappa shape index (κ3) is 2.52. The third-order valence-electron chi connectivity index (χ3n) is 8.16. The molecule has 1 saturated heterocycles. The Morgan fingerprint density at radius 1 is 1.38 bits per heavy atom. The van der Waals surface area contributed by atoms with Crippen LogP contribution in [0.15, 0.2) is 12.2 Å². The molecule has 3 aliphatic carbocycles. The van der Waals surface area contributed by atoms with Crippen LogP contribution in [0.5, 0.6) is 0 Å². The summed E-state index contributed by atoms with van der Waals surface area (Å²) in [5.41, 5.74) is -2.61. The zero-order valence-electron chi connectivity index (χ0n) is 16.9. The van der Waals surface area contributed by atoms with Crippen LogP contribution in [0.3, 0.4) is 0 Å². The van der Waals surface area contributed by atoms with Crippen LogP contribution in [0.1, 0.15) is 46.0 Å². The maximum atomic E-state index is 13.2. The summed E-state index contributed by atoms with van der Waals surface area (Å²) < 4.78 is 10.9. The Bertz CT molecular complexity index is 803. The van der Waals surface area contributed by atoms with Crippen molar-refractivity contribution in [2.75, 3.05) is 13.2 Å². The number of esters is 2. The quantitative estimate of drug-likeness (QED) is 0.330. The van der Waals surface area contributed by atoms with E-state index in [2.05, 4.69) is 6.58 Å². The molecule has 7 atom stereocenters. The molecule has 1 aliphatic heterocycles. The monoisotopic (exact) mass is 404 g/mol. The van der Waals surface area contributed by atoms with Gasteiger partial charge in [0.1, 0.15) is 11.7 Å². The van der Waals surface area contributed by atoms with E-state index in [1.165, 1.54) is 6.92 Å². The van der Waals surface area contributed by atoms with Crippen LogP contribution < -0.4 is 0 Å². The first-order valence-corrected chi connectivity index (χ1v) is 10.3. The van der Waals surface area contributed by atoms with Gasteiger partial charge in [-0.2, -0.15) is 0 Å². The van der Waals surface area contributed by atoms with Crippen LogP contribution in [-0.2, 0) is 28.7 Å². The summed E-state index contributed by atoms with van der Waals surface area (Å²) in [6.07, 6.45) is 2.55. The molecule has 7 nitrogen and oxygen atoms in total. The highest BCUT2D eigenvalue weighted by Gasteiger charge is 2.74. The summed E-state index contributed by atoms with van der Waals surface area (Å²) in [7, 11) is 0. The number of carbonyl (C=O) groups excluding carboxylic acids is 4. The molecular weight excluding hydrogens is 376 g/mol. The molecule has 1 heterocycles. The Labute approximate surface area is 169 Å². The lowest BCUT2D eigenvalue weighted by Crippen LogP contribution is -2.67. The first kappa shape index (κ1) is 20.3. The molecule has 2 spiro atoms. The molecule has 29 heavy (non-hydrogen) atoms. The largest absolute Gasteiger partial charge is 0.465 e. The smallest absolute Gasteiger partial charge is 0.320 e. The Hall–Kier alpha value is -2.02. The number of rotatable bonds is 3. The van der Waals surface area contributed by atoms with Gasteiger partial charge in [0, 0.05) is 29.6 Å². The van der Waals surface area contributed by atoms with Gasteiger partial charge in [-0.3, -0.25) is 14.4 Å². The zero-order chi connectivity index (χ0) is 21.2. The number of aliphatic hydroxyl groups excluding tert-OH is 1. The number of aldehydes is 1. The van der Waals surface area contributed by atoms with Gasteiger partial charge in [-0.1, -0.05) is 19.9 Å². The van der Waals surface area contributed by atoms with Crippen LogP contribution in [-0.4, -0.2) is 48.4 Å². The highest BCUT2D eigenvalue weighted by atomic mass is 16.5. The second-order valence-electron chi connectivity index (χ2n) is 9.72. The molecule has 4 aliphatic rings. The van der Waals surface area contributed by atoms with Crippen molar-refractivity contribution in [2.45, 2.75) is 52.1 Å². The molecule has 4 rings (SSSR count). The summed E-state index contributed by atoms with van der Waals surface area (Å²) in [6, 6.07) is 0. The second-order valence-corrected chi connectivity index (χ2v) is 9.72. The fourth-order valence-electron chi connectivity index (χ4n) is 6.99. The number of hydrogen-bond donors (Lipinski definition) is 1. The van der Waals surface area contributed by atoms with Gasteiger partial charge in [0.25, 0.3) is 0 Å². The van der Waals surface area contributed by atoms with Gasteiger partial charge in [-0.15, -0.1) is 0 Å². The summed E-state index contributed by atoms with van der Waals surface area (Å²) >= 11 is 0. The molecule has 3 saturated carbocycles. The van der Waals surface area contributed by atoms with E-state index in [9.17, 15) is 24.3 Å². The van der Waals surface area contributed by atoms with Crippen LogP contribution in [0.4, 0.5) is 0 Å². The van der Waals surface area contributed by atoms with E-state index in [-0.39, 0.29) is 24.9 Å². The second kappa shape index (κ2) is 6.49. The highest BCUT2D eigenvalue weighted by Crippen LogP contribution is 2.67. The molecule has 4 fully saturated rings. The lowest BCUT2D eigenvalue weighted by atomic mass is 9.44. The minimum atomic E-state index is -1.46. The van der Waals surface area contributed by atoms with E-state index in [1.807, 2.05) is 6.92 Å². The lowest BCUT2D eigenvalue weighted by molar-refractivity contribution is -0.229. The number of hydrogen-bond acceptors (Lipinski definition) is 7. The summed E-state index contributed by atoms with van der Waals surface area (Å²) in [4.78, 5) is 50.0. The van der Waals surface area contributed by atoms with E-state index in [4.69, 9.17) is 9.47 Å². The van der Waals surface area contributed by atoms with Gasteiger partial charge in [0.2, 0.25) is 0 Å². The molecule has 0 aromatic rings. The van der Waals surface area contributed by atoms with Gasteiger partial charge in [0.05, 0.1) is 19.3 Å². The Kier molecular flexibility index (Phi) is 4.53. The normalized spacial score (nSPS) is 46.2. The van der Waals surface area contributed by atoms with E-state index in [1.54, 1.807) is 0 Å². The van der Waals surface area contributed by atoms with Crippen molar-refractivity contribution in [1.29, 1.82) is 0 Å². The number of ether oxygens (including phenoxy) is 2. The van der Waals surface area contributed by atoms with E-state index in [0.717, 1.165) is 12.7 Å². The number of carbonyl (C=O) groups is 4. The number of cyclic esters (lactones) is 1. The van der Waals surface area contributed by atoms with Crippen molar-refractivity contribution in [3.05, 3.63) is 12.2 Å². The van der Waals surface area contributed by atoms with E-state index >= 15 is 0 Å². The fourth-order valence-corrected chi connectivity index (χ4v) is 6.99. The molecule has 7 heteroatoms. The molecule has 0 radical (unpaired) electrons. The number of ketones is 1. The predicted octanol–water partition coefficient (Wildman–Crippen LogP) is 1.61. The molecule has 1 N–H and O–H groups in total. The number of allylic oxidation sites excluding steroid dienone is 1. The predicted molar refractivity (Wildman–Crippen MR) is 100 cm³/mol. The van der Waals surface area contributed by atoms with Crippen LogP contribution >= 0.6 is 0 Å². The van der Waals surface area contributed by atoms with Crippen LogP contribution in [0.2, 0.25) is 0 Å². The van der Waals surface area contributed by atoms with Crippen LogP contribution in [0, 0.1) is 34.0 Å². The van der Waals surface area contributed by atoms with Crippen molar-refractivity contribution < 1.29 is 33.8 Å². The SMILES string of the molecule is C=C1C(=O)[C@@]23C[C@@H]1C[C@@H](O)[C@@H]2[C@@]1(CCC[C@@](C)(COC(C)=O)[C@H]1C=O)COC3=O. The third-order valence-corrected chi connectivity index (χ3v) is 8.16. The summed E-state index contributed by atoms with van der Waals surface area (Å²) in [5.74, 6) is -2.92. The first-order valence-electron chi connectivity index (χ1n) is 10.3. The molecule has 0 aromatic carbocycles. The zero-order valence-corrected chi connectivity index (χ0v) is 16.9. The molecule has 2 bridgehead atoms. The van der Waals surface area contributed by atoms with Gasteiger partial charge < -0.3 is 19.4 Å². The Balaban J connectivity index is 1.83. The minimum Gasteiger partial charge on any atom is -0.465 e. The van der Waals surface area contributed by atoms with Gasteiger partial charge in [0.15, 0.2) is 5.78 Å². The highest BCUT2D eigenvalue weighted by molar-refractivity contribution is 6.15. The maximum Gasteiger partial charge on any atom is 0.320 e. The molecular formula is C22H28O7. The summed E-state index contributed by atoms with van der Waals surface area (Å²) in [5, 5.41) is 11.2. The van der Waals surface area contributed by atoms with Gasteiger partial charge in [-0.05, 0) is 37.2 Å². The van der Waals surface area contributed by atoms with E-state index in [0.29, 0.717) is 31.3 Å². The molecule has 0 amide bonds. The van der Waals surface area contributed by atoms with Crippen molar-refractivity contribution >= 4 is 24.0 Å². The topological polar surface area (TPSA) is 107 Å². The summed E-state index contributed by atoms with van der Waals surface area (Å²) in [6.45, 7) is 7.16. The lowest BCUT2D eigenvalue weighted by Gasteiger charge is -2.61.